The first-order valence-electron chi connectivity index (χ1n) is 9.90. The molecule has 1 amide bonds. The normalized spacial score (nSPS) is 17.1. The van der Waals surface area contributed by atoms with Crippen molar-refractivity contribution in [2.75, 3.05) is 25.6 Å². The summed E-state index contributed by atoms with van der Waals surface area (Å²) in [5, 5.41) is 0.677. The predicted octanol–water partition coefficient (Wildman–Crippen LogP) is 4.74. The van der Waals surface area contributed by atoms with Crippen molar-refractivity contribution in [3.63, 3.8) is 0 Å². The summed E-state index contributed by atoms with van der Waals surface area (Å²) in [5.41, 5.74) is 2.31. The van der Waals surface area contributed by atoms with Gasteiger partial charge >= 0.3 is 0 Å². The number of aromatic nitrogens is 1. The quantitative estimate of drug-likeness (QED) is 0.451. The zero-order valence-corrected chi connectivity index (χ0v) is 21.2. The molecule has 3 aromatic rings. The summed E-state index contributed by atoms with van der Waals surface area (Å²) >= 11 is 4.21. The highest BCUT2D eigenvalue weighted by Crippen LogP contribution is 2.39. The summed E-state index contributed by atoms with van der Waals surface area (Å²) in [4.78, 5) is 15.6. The number of carbonyl (C=O) groups excluding carboxylic acids is 1. The molecule has 0 radical (unpaired) electrons. The molecule has 10 heteroatoms. The Morgan fingerprint density at radius 1 is 1.03 bits per heavy atom. The Balaban J connectivity index is 1.79. The fourth-order valence-electron chi connectivity index (χ4n) is 3.75. The summed E-state index contributed by atoms with van der Waals surface area (Å²) in [6.45, 7) is 2.45. The fraction of sp³-hybridized carbons (Fsp3) is 0.273. The number of carbonyl (C=O) groups is 1. The lowest BCUT2D eigenvalue weighted by Gasteiger charge is -2.30. The number of rotatable bonds is 6. The molecule has 1 fully saturated rings. The zero-order valence-electron chi connectivity index (χ0n) is 17.9. The van der Waals surface area contributed by atoms with E-state index < -0.39 is 16.2 Å². The molecule has 6 nitrogen and oxygen atoms in total. The first-order chi connectivity index (χ1) is 15.4. The molecule has 1 saturated heterocycles. The van der Waals surface area contributed by atoms with Gasteiger partial charge in [-0.05, 0) is 48.7 Å². The highest BCUT2D eigenvalue weighted by Gasteiger charge is 2.44. The van der Waals surface area contributed by atoms with Gasteiger partial charge in [0.1, 0.15) is 11.2 Å². The maximum atomic E-state index is 13.7. The average molecular weight is 506 g/mol. The Morgan fingerprint density at radius 3 is 2.34 bits per heavy atom. The second-order valence-corrected chi connectivity index (χ2v) is 11.8. The smallest absolute Gasteiger partial charge is 0.260 e. The molecule has 1 aliphatic heterocycles. The first-order valence-corrected chi connectivity index (χ1v) is 14.6. The highest BCUT2D eigenvalue weighted by molar-refractivity contribution is 8.01. The van der Waals surface area contributed by atoms with E-state index in [0.29, 0.717) is 17.1 Å². The molecule has 1 atom stereocenters. The molecule has 1 unspecified atom stereocenters. The molecule has 0 bridgehead atoms. The van der Waals surface area contributed by atoms with Gasteiger partial charge in [-0.25, -0.2) is 8.42 Å². The van der Waals surface area contributed by atoms with Crippen LogP contribution in [0.3, 0.4) is 0 Å². The lowest BCUT2D eigenvalue weighted by molar-refractivity contribution is 0.0687. The topological polar surface area (TPSA) is 70.6 Å². The van der Waals surface area contributed by atoms with Crippen molar-refractivity contribution in [3.8, 4) is 0 Å². The van der Waals surface area contributed by atoms with Crippen molar-refractivity contribution in [1.82, 2.24) is 13.6 Å². The molecule has 0 saturated carbocycles. The van der Waals surface area contributed by atoms with Gasteiger partial charge in [0.15, 0.2) is 0 Å². The molecular formula is C22H23N3O3S4. The van der Waals surface area contributed by atoms with Crippen LogP contribution < -0.4 is 0 Å². The molecule has 0 spiro atoms. The average Bonchev–Trinajstić information content (AvgIpc) is 3.44. The van der Waals surface area contributed by atoms with Crippen LogP contribution in [0.2, 0.25) is 0 Å². The van der Waals surface area contributed by atoms with E-state index in [-0.39, 0.29) is 17.3 Å². The van der Waals surface area contributed by atoms with Crippen LogP contribution in [0.1, 0.15) is 27.7 Å². The molecular weight excluding hydrogens is 483 g/mol. The Morgan fingerprint density at radius 2 is 1.72 bits per heavy atom. The zero-order chi connectivity index (χ0) is 22.9. The van der Waals surface area contributed by atoms with E-state index in [9.17, 15) is 13.2 Å². The van der Waals surface area contributed by atoms with Crippen molar-refractivity contribution in [2.45, 2.75) is 27.2 Å². The molecule has 1 aliphatic rings. The van der Waals surface area contributed by atoms with E-state index in [1.54, 1.807) is 29.2 Å². The minimum atomic E-state index is -3.80. The summed E-state index contributed by atoms with van der Waals surface area (Å²) < 4.78 is 33.9. The van der Waals surface area contributed by atoms with Crippen LogP contribution in [0, 0.1) is 6.92 Å². The molecule has 32 heavy (non-hydrogen) atoms. The van der Waals surface area contributed by atoms with Crippen molar-refractivity contribution < 1.29 is 13.2 Å². The fourth-order valence-corrected chi connectivity index (χ4v) is 7.58. The number of benzene rings is 2. The van der Waals surface area contributed by atoms with E-state index in [2.05, 4.69) is 4.37 Å². The number of amides is 1. The van der Waals surface area contributed by atoms with Gasteiger partial charge in [0.05, 0.1) is 14.7 Å². The van der Waals surface area contributed by atoms with Crippen LogP contribution in [0.25, 0.3) is 0 Å². The SMILES string of the molecule is CSc1nsc(SC)c1C(=O)N1CCN(S(=O)(=O)c2ccc(C)cc2)C1c1ccccc1. The monoisotopic (exact) mass is 505 g/mol. The van der Waals surface area contributed by atoms with Crippen molar-refractivity contribution in [3.05, 3.63) is 71.3 Å². The Bertz CT molecular complexity index is 1190. The van der Waals surface area contributed by atoms with Gasteiger partial charge in [-0.3, -0.25) is 4.79 Å². The summed E-state index contributed by atoms with van der Waals surface area (Å²) in [7, 11) is -3.80. The first kappa shape index (κ1) is 23.3. The molecule has 168 valence electrons. The van der Waals surface area contributed by atoms with Gasteiger partial charge in [-0.1, -0.05) is 48.0 Å². The molecule has 4 rings (SSSR count). The summed E-state index contributed by atoms with van der Waals surface area (Å²) in [6, 6.07) is 16.2. The third-order valence-corrected chi connectivity index (χ3v) is 9.95. The van der Waals surface area contributed by atoms with Crippen LogP contribution in [-0.4, -0.2) is 53.5 Å². The van der Waals surface area contributed by atoms with Crippen LogP contribution >= 0.6 is 35.1 Å². The second-order valence-electron chi connectivity index (χ2n) is 7.27. The predicted molar refractivity (Wildman–Crippen MR) is 131 cm³/mol. The Hall–Kier alpha value is -1.85. The minimum absolute atomic E-state index is 0.192. The van der Waals surface area contributed by atoms with Gasteiger partial charge < -0.3 is 4.90 Å². The minimum Gasteiger partial charge on any atom is -0.316 e. The highest BCUT2D eigenvalue weighted by atomic mass is 32.2. The standard InChI is InChI=1S/C22H23N3O3S4/c1-15-9-11-17(12-10-15)32(27,28)25-14-13-24(20(25)16-7-5-4-6-8-16)21(26)18-19(29-2)23-31-22(18)30-3/h4-12,20H,13-14H2,1-3H3. The van der Waals surface area contributed by atoms with Gasteiger partial charge in [-0.15, -0.1) is 23.5 Å². The molecule has 2 heterocycles. The molecule has 0 N–H and O–H groups in total. The summed E-state index contributed by atoms with van der Waals surface area (Å²) in [5.74, 6) is -0.192. The molecule has 2 aromatic carbocycles. The molecule has 1 aromatic heterocycles. The van der Waals surface area contributed by atoms with Crippen LogP contribution in [0.5, 0.6) is 0 Å². The number of sulfonamides is 1. The maximum absolute atomic E-state index is 13.7. The van der Waals surface area contributed by atoms with Gasteiger partial charge in [0, 0.05) is 13.1 Å². The number of aryl methyl sites for hydroxylation is 1. The third-order valence-electron chi connectivity index (χ3n) is 5.34. The van der Waals surface area contributed by atoms with E-state index in [0.717, 1.165) is 15.3 Å². The van der Waals surface area contributed by atoms with Crippen LogP contribution in [0.15, 0.2) is 68.7 Å². The Kier molecular flexibility index (Phi) is 6.97. The largest absolute Gasteiger partial charge is 0.316 e. The van der Waals surface area contributed by atoms with Crippen molar-refractivity contribution in [2.24, 2.45) is 0 Å². The van der Waals surface area contributed by atoms with E-state index in [4.69, 9.17) is 0 Å². The lowest BCUT2D eigenvalue weighted by Crippen LogP contribution is -2.38. The molecule has 0 aliphatic carbocycles. The second kappa shape index (κ2) is 9.56. The van der Waals surface area contributed by atoms with Crippen LogP contribution in [-0.2, 0) is 10.0 Å². The third kappa shape index (κ3) is 4.22. The van der Waals surface area contributed by atoms with Gasteiger partial charge in [0.2, 0.25) is 10.0 Å². The number of nitrogens with zero attached hydrogens (tertiary/aromatic N) is 3. The number of hydrogen-bond donors (Lipinski definition) is 0. The Labute approximate surface area is 201 Å². The van der Waals surface area contributed by atoms with Gasteiger partial charge in [-0.2, -0.15) is 8.68 Å². The van der Waals surface area contributed by atoms with E-state index in [1.807, 2.05) is 49.8 Å². The van der Waals surface area contributed by atoms with Crippen molar-refractivity contribution >= 4 is 51.0 Å². The van der Waals surface area contributed by atoms with E-state index in [1.165, 1.54) is 39.4 Å². The number of hydrogen-bond acceptors (Lipinski definition) is 7. The van der Waals surface area contributed by atoms with Crippen molar-refractivity contribution in [1.29, 1.82) is 0 Å². The lowest BCUT2D eigenvalue weighted by atomic mass is 10.1. The summed E-state index contributed by atoms with van der Waals surface area (Å²) in [6.07, 6.45) is 3.09. The van der Waals surface area contributed by atoms with Crippen LogP contribution in [0.4, 0.5) is 0 Å². The maximum Gasteiger partial charge on any atom is 0.260 e. The van der Waals surface area contributed by atoms with Gasteiger partial charge in [0.25, 0.3) is 5.91 Å². The number of thioether (sulfide) groups is 2. The van der Waals surface area contributed by atoms with E-state index >= 15 is 0 Å².